The highest BCUT2D eigenvalue weighted by atomic mass is 16.5. The Balaban J connectivity index is 2.55. The van der Waals surface area contributed by atoms with Crippen LogP contribution in [0.25, 0.3) is 0 Å². The molecule has 68 valence electrons. The summed E-state index contributed by atoms with van der Waals surface area (Å²) in [6.07, 6.45) is 2.99. The van der Waals surface area contributed by atoms with Gasteiger partial charge in [0, 0.05) is 18.4 Å². The molecule has 12 heavy (non-hydrogen) atoms. The Bertz CT molecular complexity index is 196. The fourth-order valence-electron chi connectivity index (χ4n) is 1.29. The maximum atomic E-state index is 11.2. The second-order valence-electron chi connectivity index (χ2n) is 2.86. The Kier molecular flexibility index (Phi) is 3.29. The van der Waals surface area contributed by atoms with Gasteiger partial charge < -0.3 is 9.84 Å². The van der Waals surface area contributed by atoms with Crippen molar-refractivity contribution in [2.45, 2.75) is 19.8 Å². The first-order chi connectivity index (χ1) is 5.77. The van der Waals surface area contributed by atoms with Crippen LogP contribution < -0.4 is 0 Å². The number of hydrogen-bond donors (Lipinski definition) is 1. The van der Waals surface area contributed by atoms with E-state index in [-0.39, 0.29) is 18.3 Å². The number of aliphatic hydroxyl groups is 1. The Morgan fingerprint density at radius 2 is 2.50 bits per heavy atom. The number of allylic oxidation sites excluding steroid dienone is 2. The molecule has 3 heteroatoms. The van der Waals surface area contributed by atoms with Gasteiger partial charge in [-0.3, -0.25) is 4.79 Å². The third kappa shape index (κ3) is 2.08. The lowest BCUT2D eigenvalue weighted by molar-refractivity contribution is -0.120. The van der Waals surface area contributed by atoms with Crippen LogP contribution in [-0.2, 0) is 9.53 Å². The van der Waals surface area contributed by atoms with E-state index in [1.165, 1.54) is 6.08 Å². The third-order valence-electron chi connectivity index (χ3n) is 1.99. The first-order valence-electron chi connectivity index (χ1n) is 4.26. The lowest BCUT2D eigenvalue weighted by Gasteiger charge is -2.18. The molecule has 0 amide bonds. The van der Waals surface area contributed by atoms with Crippen LogP contribution in [0.3, 0.4) is 0 Å². The van der Waals surface area contributed by atoms with E-state index in [1.807, 2.05) is 6.92 Å². The molecule has 0 saturated heterocycles. The normalized spacial score (nSPS) is 23.7. The highest BCUT2D eigenvalue weighted by molar-refractivity contribution is 5.93. The molecule has 0 heterocycles. The van der Waals surface area contributed by atoms with Crippen LogP contribution in [0.5, 0.6) is 0 Å². The van der Waals surface area contributed by atoms with Gasteiger partial charge >= 0.3 is 0 Å². The number of ether oxygens (including phenoxy) is 1. The van der Waals surface area contributed by atoms with Crippen LogP contribution in [0.15, 0.2) is 11.8 Å². The predicted octanol–water partition coefficient (Wildman–Crippen LogP) is 0.878. The van der Waals surface area contributed by atoms with Crippen molar-refractivity contribution in [1.82, 2.24) is 0 Å². The molecule has 1 atom stereocenters. The zero-order chi connectivity index (χ0) is 8.97. The standard InChI is InChI=1S/C9H14O3/c1-2-12-8-4-3-7(6-10)9(11)5-8/h5,7,10H,2-4,6H2,1H3. The van der Waals surface area contributed by atoms with Gasteiger partial charge in [-0.2, -0.15) is 0 Å². The maximum Gasteiger partial charge on any atom is 0.164 e. The van der Waals surface area contributed by atoms with Crippen molar-refractivity contribution in [3.05, 3.63) is 11.8 Å². The fraction of sp³-hybridized carbons (Fsp3) is 0.667. The molecular weight excluding hydrogens is 156 g/mol. The largest absolute Gasteiger partial charge is 0.498 e. The lowest BCUT2D eigenvalue weighted by Crippen LogP contribution is -2.21. The summed E-state index contributed by atoms with van der Waals surface area (Å²) in [5.74, 6) is 0.550. The molecule has 0 radical (unpaired) electrons. The molecule has 1 unspecified atom stereocenters. The minimum atomic E-state index is -0.200. The third-order valence-corrected chi connectivity index (χ3v) is 1.99. The molecule has 0 saturated carbocycles. The Hall–Kier alpha value is -0.830. The summed E-state index contributed by atoms with van der Waals surface area (Å²) in [4.78, 5) is 11.2. The molecule has 0 fully saturated rings. The van der Waals surface area contributed by atoms with E-state index < -0.39 is 0 Å². The van der Waals surface area contributed by atoms with Gasteiger partial charge in [-0.25, -0.2) is 0 Å². The molecule has 0 aromatic carbocycles. The molecule has 0 aliphatic heterocycles. The van der Waals surface area contributed by atoms with Gasteiger partial charge in [-0.15, -0.1) is 0 Å². The molecule has 0 spiro atoms. The Morgan fingerprint density at radius 3 is 3.00 bits per heavy atom. The van der Waals surface area contributed by atoms with E-state index in [0.717, 1.165) is 12.2 Å². The highest BCUT2D eigenvalue weighted by Gasteiger charge is 2.21. The average Bonchev–Trinajstić information content (AvgIpc) is 2.05. The summed E-state index contributed by atoms with van der Waals surface area (Å²) >= 11 is 0. The Labute approximate surface area is 72.0 Å². The van der Waals surface area contributed by atoms with E-state index in [0.29, 0.717) is 13.0 Å². The summed E-state index contributed by atoms with van der Waals surface area (Å²) in [5, 5.41) is 8.79. The van der Waals surface area contributed by atoms with Crippen molar-refractivity contribution in [3.63, 3.8) is 0 Å². The number of ketones is 1. The number of rotatable bonds is 3. The quantitative estimate of drug-likeness (QED) is 0.683. The summed E-state index contributed by atoms with van der Waals surface area (Å²) in [6, 6.07) is 0. The van der Waals surface area contributed by atoms with Crippen LogP contribution in [-0.4, -0.2) is 24.1 Å². The van der Waals surface area contributed by atoms with Gasteiger partial charge in [0.2, 0.25) is 0 Å². The minimum absolute atomic E-state index is 0.00722. The van der Waals surface area contributed by atoms with Gasteiger partial charge in [-0.1, -0.05) is 0 Å². The van der Waals surface area contributed by atoms with Crippen LogP contribution in [0.2, 0.25) is 0 Å². The molecule has 3 nitrogen and oxygen atoms in total. The number of carbonyl (C=O) groups excluding carboxylic acids is 1. The second kappa shape index (κ2) is 4.26. The smallest absolute Gasteiger partial charge is 0.164 e. The van der Waals surface area contributed by atoms with Crippen LogP contribution in [0.4, 0.5) is 0 Å². The molecule has 0 aromatic rings. The predicted molar refractivity (Wildman–Crippen MR) is 44.5 cm³/mol. The Morgan fingerprint density at radius 1 is 1.75 bits per heavy atom. The number of hydrogen-bond acceptors (Lipinski definition) is 3. The molecule has 1 N–H and O–H groups in total. The molecule has 1 aliphatic carbocycles. The zero-order valence-corrected chi connectivity index (χ0v) is 7.25. The van der Waals surface area contributed by atoms with Crippen molar-refractivity contribution in [2.24, 2.45) is 5.92 Å². The molecular formula is C9H14O3. The summed E-state index contributed by atoms with van der Waals surface area (Å²) in [6.45, 7) is 2.45. The summed E-state index contributed by atoms with van der Waals surface area (Å²) in [7, 11) is 0. The summed E-state index contributed by atoms with van der Waals surface area (Å²) < 4.78 is 5.20. The van der Waals surface area contributed by atoms with E-state index in [9.17, 15) is 4.79 Å². The van der Waals surface area contributed by atoms with E-state index >= 15 is 0 Å². The van der Waals surface area contributed by atoms with Gasteiger partial charge in [0.1, 0.15) is 0 Å². The van der Waals surface area contributed by atoms with Crippen molar-refractivity contribution >= 4 is 5.78 Å². The first-order valence-corrected chi connectivity index (χ1v) is 4.26. The number of aliphatic hydroxyl groups excluding tert-OH is 1. The van der Waals surface area contributed by atoms with E-state index in [2.05, 4.69) is 0 Å². The minimum Gasteiger partial charge on any atom is -0.498 e. The first kappa shape index (κ1) is 9.26. The molecule has 1 rings (SSSR count). The van der Waals surface area contributed by atoms with Crippen molar-refractivity contribution in [3.8, 4) is 0 Å². The lowest BCUT2D eigenvalue weighted by atomic mass is 9.93. The average molecular weight is 170 g/mol. The van der Waals surface area contributed by atoms with E-state index in [4.69, 9.17) is 9.84 Å². The molecule has 0 bridgehead atoms. The van der Waals surface area contributed by atoms with Gasteiger partial charge in [0.05, 0.1) is 19.0 Å². The fourth-order valence-corrected chi connectivity index (χ4v) is 1.29. The van der Waals surface area contributed by atoms with E-state index in [1.54, 1.807) is 0 Å². The highest BCUT2D eigenvalue weighted by Crippen LogP contribution is 2.20. The summed E-state index contributed by atoms with van der Waals surface area (Å²) in [5.41, 5.74) is 0. The second-order valence-corrected chi connectivity index (χ2v) is 2.86. The van der Waals surface area contributed by atoms with Gasteiger partial charge in [-0.05, 0) is 13.3 Å². The number of carbonyl (C=O) groups is 1. The maximum absolute atomic E-state index is 11.2. The van der Waals surface area contributed by atoms with Crippen molar-refractivity contribution in [2.75, 3.05) is 13.2 Å². The molecule has 0 aromatic heterocycles. The monoisotopic (exact) mass is 170 g/mol. The topological polar surface area (TPSA) is 46.5 Å². The van der Waals surface area contributed by atoms with Crippen LogP contribution in [0, 0.1) is 5.92 Å². The molecule has 1 aliphatic rings. The van der Waals surface area contributed by atoms with Crippen LogP contribution in [0.1, 0.15) is 19.8 Å². The van der Waals surface area contributed by atoms with Crippen molar-refractivity contribution in [1.29, 1.82) is 0 Å². The van der Waals surface area contributed by atoms with Gasteiger partial charge in [0.25, 0.3) is 0 Å². The van der Waals surface area contributed by atoms with Gasteiger partial charge in [0.15, 0.2) is 5.78 Å². The van der Waals surface area contributed by atoms with Crippen LogP contribution >= 0.6 is 0 Å². The van der Waals surface area contributed by atoms with Crippen molar-refractivity contribution < 1.29 is 14.6 Å². The SMILES string of the molecule is CCOC1=CC(=O)C(CO)CC1. The zero-order valence-electron chi connectivity index (χ0n) is 7.25.